The molecule has 1 aliphatic heterocycles. The lowest BCUT2D eigenvalue weighted by atomic mass is 9.84. The van der Waals surface area contributed by atoms with E-state index in [2.05, 4.69) is 6.07 Å². The van der Waals surface area contributed by atoms with E-state index in [1.807, 2.05) is 0 Å². The number of carbonyl (C=O) groups is 2. The molecule has 0 amide bonds. The fourth-order valence-corrected chi connectivity index (χ4v) is 4.36. The van der Waals surface area contributed by atoms with E-state index in [4.69, 9.17) is 24.7 Å². The second-order valence-corrected chi connectivity index (χ2v) is 9.69. The average molecular weight is 621 g/mol. The number of rotatable bonds is 14. The predicted molar refractivity (Wildman–Crippen MR) is 153 cm³/mol. The number of Topliss-reactive ketones (excluding diaryl/α,β-unsaturated/α-hetero) is 1. The molecule has 3 rings (SSSR count). The van der Waals surface area contributed by atoms with E-state index in [1.54, 1.807) is 52.0 Å². The van der Waals surface area contributed by atoms with Gasteiger partial charge in [0, 0.05) is 24.1 Å². The third-order valence-electron chi connectivity index (χ3n) is 6.40. The van der Waals surface area contributed by atoms with Gasteiger partial charge in [0.15, 0.2) is 23.1 Å². The number of benzene rings is 2. The number of ether oxygens (including phenoxy) is 3. The van der Waals surface area contributed by atoms with Gasteiger partial charge in [-0.05, 0) is 70.4 Å². The first-order chi connectivity index (χ1) is 18.5. The fraction of sp³-hybridized carbons (Fsp3) is 0.448. The quantitative estimate of drug-likeness (QED) is 0.204. The molecule has 0 saturated carbocycles. The first-order valence-electron chi connectivity index (χ1n) is 12.9. The van der Waals surface area contributed by atoms with Crippen LogP contribution in [0.15, 0.2) is 24.3 Å². The molecule has 0 spiro atoms. The van der Waals surface area contributed by atoms with Crippen molar-refractivity contribution in [3.63, 3.8) is 0 Å². The molecule has 40 heavy (non-hydrogen) atoms. The number of amidine groups is 1. The van der Waals surface area contributed by atoms with Gasteiger partial charge in [-0.25, -0.2) is 4.39 Å². The van der Waals surface area contributed by atoms with Crippen LogP contribution in [0.25, 0.3) is 0 Å². The Morgan fingerprint density at radius 2 is 1.82 bits per heavy atom. The molecule has 0 atom stereocenters. The van der Waals surface area contributed by atoms with Crippen LogP contribution < -0.4 is 14.2 Å². The van der Waals surface area contributed by atoms with Crippen molar-refractivity contribution in [1.82, 2.24) is 4.90 Å². The molecule has 2 N–H and O–H groups in total. The van der Waals surface area contributed by atoms with Gasteiger partial charge in [-0.15, -0.1) is 17.0 Å². The van der Waals surface area contributed by atoms with Gasteiger partial charge in [-0.2, -0.15) is 5.26 Å². The van der Waals surface area contributed by atoms with Gasteiger partial charge in [0.2, 0.25) is 0 Å². The van der Waals surface area contributed by atoms with Crippen LogP contribution in [0.1, 0.15) is 74.0 Å². The van der Waals surface area contributed by atoms with Crippen molar-refractivity contribution < 1.29 is 33.3 Å². The van der Waals surface area contributed by atoms with Gasteiger partial charge < -0.3 is 24.2 Å². The molecular weight excluding hydrogens is 585 g/mol. The molecular formula is C29H35BrFN3O6. The van der Waals surface area contributed by atoms with E-state index in [-0.39, 0.29) is 78.4 Å². The van der Waals surface area contributed by atoms with E-state index >= 15 is 4.39 Å². The number of carboxylic acid groups (broad SMARTS) is 1. The predicted octanol–water partition coefficient (Wildman–Crippen LogP) is 5.66. The Labute approximate surface area is 244 Å². The standard InChI is InChI=1S/C29H34FN3O6.BrH/c1-5-37-23-14-19-15-33(28(32)25(19)26(30)27(23)38-6-2)16-21(34)18-10-11-22(20(13-18)29(3,4)17-31)39-12-8-7-9-24(35)36;/h10-11,13-14,32H,5-9,12,15-16H2,1-4H3,(H,35,36);1H. The Morgan fingerprint density at radius 3 is 2.45 bits per heavy atom. The molecule has 0 fully saturated rings. The van der Waals surface area contributed by atoms with E-state index in [0.717, 1.165) is 0 Å². The lowest BCUT2D eigenvalue weighted by Gasteiger charge is -2.22. The van der Waals surface area contributed by atoms with E-state index in [9.17, 15) is 14.9 Å². The molecule has 2 aromatic carbocycles. The maximum absolute atomic E-state index is 15.4. The Morgan fingerprint density at radius 1 is 1.12 bits per heavy atom. The first kappa shape index (κ1) is 32.6. The molecule has 0 bridgehead atoms. The molecule has 9 nitrogen and oxygen atoms in total. The maximum atomic E-state index is 15.4. The summed E-state index contributed by atoms with van der Waals surface area (Å²) in [7, 11) is 0. The number of ketones is 1. The van der Waals surface area contributed by atoms with Gasteiger partial charge in [-0.1, -0.05) is 0 Å². The highest BCUT2D eigenvalue weighted by molar-refractivity contribution is 8.93. The lowest BCUT2D eigenvalue weighted by Crippen LogP contribution is -2.30. The van der Waals surface area contributed by atoms with Gasteiger partial charge in [-0.3, -0.25) is 15.0 Å². The Hall–Kier alpha value is -3.65. The van der Waals surface area contributed by atoms with Crippen molar-refractivity contribution in [1.29, 1.82) is 10.7 Å². The number of nitrogens with zero attached hydrogens (tertiary/aromatic N) is 2. The van der Waals surface area contributed by atoms with Crippen LogP contribution in [0.3, 0.4) is 0 Å². The number of hydrogen-bond donors (Lipinski definition) is 2. The van der Waals surface area contributed by atoms with Crippen molar-refractivity contribution in [2.45, 2.75) is 58.9 Å². The summed E-state index contributed by atoms with van der Waals surface area (Å²) < 4.78 is 32.2. The highest BCUT2D eigenvalue weighted by atomic mass is 79.9. The first-order valence-corrected chi connectivity index (χ1v) is 12.9. The molecule has 2 aromatic rings. The number of carboxylic acids is 1. The molecule has 0 unspecified atom stereocenters. The summed E-state index contributed by atoms with van der Waals surface area (Å²) in [5, 5.41) is 27.1. The summed E-state index contributed by atoms with van der Waals surface area (Å²) in [4.78, 5) is 25.5. The van der Waals surface area contributed by atoms with Crippen molar-refractivity contribution in [2.75, 3.05) is 26.4 Å². The topological polar surface area (TPSA) is 133 Å². The fourth-order valence-electron chi connectivity index (χ4n) is 4.36. The zero-order chi connectivity index (χ0) is 28.7. The van der Waals surface area contributed by atoms with Crippen LogP contribution in [0.5, 0.6) is 17.2 Å². The number of fused-ring (bicyclic) bond motifs is 1. The third-order valence-corrected chi connectivity index (χ3v) is 6.40. The van der Waals surface area contributed by atoms with E-state index in [1.165, 1.54) is 4.90 Å². The minimum atomic E-state index is -0.961. The molecule has 1 aliphatic rings. The monoisotopic (exact) mass is 619 g/mol. The molecule has 0 radical (unpaired) electrons. The number of carbonyl (C=O) groups excluding carboxylic acids is 1. The maximum Gasteiger partial charge on any atom is 0.303 e. The Bertz CT molecular complexity index is 1310. The summed E-state index contributed by atoms with van der Waals surface area (Å²) in [6.07, 6.45) is 1.04. The highest BCUT2D eigenvalue weighted by Gasteiger charge is 2.33. The number of halogens is 2. The third kappa shape index (κ3) is 7.30. The van der Waals surface area contributed by atoms with E-state index in [0.29, 0.717) is 41.9 Å². The molecule has 1 heterocycles. The molecule has 0 aliphatic carbocycles. The second kappa shape index (κ2) is 14.1. The summed E-state index contributed by atoms with van der Waals surface area (Å²) in [6, 6.07) is 8.73. The Kier molecular flexibility index (Phi) is 11.5. The molecule has 0 saturated heterocycles. The smallest absolute Gasteiger partial charge is 0.303 e. The minimum Gasteiger partial charge on any atom is -0.493 e. The number of nitrogens with one attached hydrogen (secondary N) is 1. The summed E-state index contributed by atoms with van der Waals surface area (Å²) in [5.41, 5.74) is 0.531. The number of aliphatic carboxylic acids is 1. The van der Waals surface area contributed by atoms with Crippen molar-refractivity contribution >= 4 is 34.6 Å². The zero-order valence-corrected chi connectivity index (χ0v) is 24.8. The Balaban J connectivity index is 0.00000560. The van der Waals surface area contributed by atoms with Gasteiger partial charge in [0.25, 0.3) is 0 Å². The van der Waals surface area contributed by atoms with Crippen LogP contribution >= 0.6 is 17.0 Å². The highest BCUT2D eigenvalue weighted by Crippen LogP contribution is 2.39. The van der Waals surface area contributed by atoms with Gasteiger partial charge >= 0.3 is 5.97 Å². The molecule has 11 heteroatoms. The molecule has 216 valence electrons. The SMILES string of the molecule is Br.CCOc1cc2c(c(F)c1OCC)C(=N)N(CC(=O)c1ccc(OCCCCC(=O)O)c(C(C)(C)C#N)c1)C2. The number of nitriles is 1. The van der Waals surface area contributed by atoms with Crippen LogP contribution in [0.2, 0.25) is 0 Å². The van der Waals surface area contributed by atoms with Gasteiger partial charge in [0.1, 0.15) is 11.6 Å². The largest absolute Gasteiger partial charge is 0.493 e. The van der Waals surface area contributed by atoms with Crippen LogP contribution in [0.4, 0.5) is 4.39 Å². The van der Waals surface area contributed by atoms with Crippen molar-refractivity contribution in [3.05, 3.63) is 52.3 Å². The van der Waals surface area contributed by atoms with Crippen LogP contribution in [0, 0.1) is 22.6 Å². The summed E-state index contributed by atoms with van der Waals surface area (Å²) in [5.74, 6) is -1.30. The number of hydrogen-bond acceptors (Lipinski definition) is 7. The summed E-state index contributed by atoms with van der Waals surface area (Å²) in [6.45, 7) is 7.78. The molecule has 0 aromatic heterocycles. The van der Waals surface area contributed by atoms with Crippen LogP contribution in [-0.4, -0.2) is 54.0 Å². The van der Waals surface area contributed by atoms with Gasteiger partial charge in [0.05, 0.1) is 43.4 Å². The second-order valence-electron chi connectivity index (χ2n) is 9.69. The van der Waals surface area contributed by atoms with E-state index < -0.39 is 17.2 Å². The minimum absolute atomic E-state index is 0. The van der Waals surface area contributed by atoms with Crippen LogP contribution in [-0.2, 0) is 16.8 Å². The normalized spacial score (nSPS) is 12.3. The average Bonchev–Trinajstić information content (AvgIpc) is 3.20. The zero-order valence-electron chi connectivity index (χ0n) is 23.1. The summed E-state index contributed by atoms with van der Waals surface area (Å²) >= 11 is 0. The number of unbranched alkanes of at least 4 members (excludes halogenated alkanes) is 1. The lowest BCUT2D eigenvalue weighted by molar-refractivity contribution is -0.137. The van der Waals surface area contributed by atoms with Crippen molar-refractivity contribution in [2.24, 2.45) is 0 Å². The van der Waals surface area contributed by atoms with Crippen molar-refractivity contribution in [3.8, 4) is 23.3 Å².